The third-order valence-electron chi connectivity index (χ3n) is 23.0. The van der Waals surface area contributed by atoms with Gasteiger partial charge in [-0.25, -0.2) is 0 Å². The van der Waals surface area contributed by atoms with Crippen LogP contribution in [0.5, 0.6) is 0 Å². The van der Waals surface area contributed by atoms with Crippen LogP contribution in [-0.4, -0.2) is 0 Å². The zero-order chi connectivity index (χ0) is 64.0. The summed E-state index contributed by atoms with van der Waals surface area (Å²) in [5.74, 6) is 25.1. The first-order valence-electron chi connectivity index (χ1n) is 38.0. The molecule has 7 rings (SSSR count). The minimum absolute atomic E-state index is 0.667. The van der Waals surface area contributed by atoms with Gasteiger partial charge in [0.2, 0.25) is 0 Å². The van der Waals surface area contributed by atoms with E-state index >= 15 is 0 Å². The summed E-state index contributed by atoms with van der Waals surface area (Å²) < 4.78 is 0. The molecular weight excluding hydrogens is 1010 g/mol. The van der Waals surface area contributed by atoms with Crippen molar-refractivity contribution in [1.29, 1.82) is 0 Å². The van der Waals surface area contributed by atoms with Gasteiger partial charge < -0.3 is 0 Å². The van der Waals surface area contributed by atoms with E-state index in [0.717, 1.165) is 154 Å². The summed E-state index contributed by atoms with van der Waals surface area (Å²) in [5.41, 5.74) is 0. The van der Waals surface area contributed by atoms with Gasteiger partial charge in [-0.1, -0.05) is 268 Å². The van der Waals surface area contributed by atoms with Gasteiger partial charge in [0.25, 0.3) is 0 Å². The van der Waals surface area contributed by atoms with Crippen molar-refractivity contribution in [1.82, 2.24) is 0 Å². The average molecular weight is 1170 g/mol. The van der Waals surface area contributed by atoms with Gasteiger partial charge in [-0.3, -0.25) is 0 Å². The Morgan fingerprint density at radius 2 is 0.417 bits per heavy atom. The van der Waals surface area contributed by atoms with Crippen LogP contribution in [0.3, 0.4) is 0 Å². The predicted octanol–water partition coefficient (Wildman–Crippen LogP) is 27.8. The molecule has 84 heavy (non-hydrogen) atoms. The van der Waals surface area contributed by atoms with E-state index in [0.29, 0.717) is 11.8 Å². The third-order valence-corrected chi connectivity index (χ3v) is 23.0. The van der Waals surface area contributed by atoms with E-state index in [2.05, 4.69) is 242 Å². The lowest BCUT2D eigenvalue weighted by molar-refractivity contribution is 0.189. The van der Waals surface area contributed by atoms with E-state index in [-0.39, 0.29) is 0 Å². The summed E-state index contributed by atoms with van der Waals surface area (Å²) in [6.07, 6.45) is 48.6. The molecule has 0 bridgehead atoms. The first-order valence-corrected chi connectivity index (χ1v) is 38.0. The van der Waals surface area contributed by atoms with Crippen molar-refractivity contribution in [3.8, 4) is 0 Å². The molecule has 6 unspecified atom stereocenters. The highest BCUT2D eigenvalue weighted by atomic mass is 14.4. The Morgan fingerprint density at radius 3 is 0.583 bits per heavy atom. The van der Waals surface area contributed by atoms with E-state index in [9.17, 15) is 0 Å². The predicted molar refractivity (Wildman–Crippen MR) is 385 cm³/mol. The number of hydrogen-bond donors (Lipinski definition) is 0. The normalized spacial score (nSPS) is 30.5. The Morgan fingerprint density at radius 1 is 0.202 bits per heavy atom. The second-order valence-corrected chi connectivity index (χ2v) is 34.9. The Kier molecular flexibility index (Phi) is 42.1. The van der Waals surface area contributed by atoms with Crippen molar-refractivity contribution in [3.63, 3.8) is 0 Å². The highest BCUT2D eigenvalue weighted by molar-refractivity contribution is 5.14. The van der Waals surface area contributed by atoms with Crippen LogP contribution in [0, 0.1) is 166 Å². The van der Waals surface area contributed by atoms with Gasteiger partial charge in [0.05, 0.1) is 0 Å². The molecule has 0 spiro atoms. The number of hydrogen-bond acceptors (Lipinski definition) is 0. The van der Waals surface area contributed by atoms with Crippen LogP contribution >= 0.6 is 0 Å². The van der Waals surface area contributed by atoms with Gasteiger partial charge in [-0.2, -0.15) is 0 Å². The fourth-order valence-electron chi connectivity index (χ4n) is 15.5. The van der Waals surface area contributed by atoms with Crippen LogP contribution in [0.15, 0.2) is 48.6 Å². The highest BCUT2D eigenvalue weighted by Gasteiger charge is 2.30. The third kappa shape index (κ3) is 34.2. The molecule has 0 heteroatoms. The van der Waals surface area contributed by atoms with Crippen LogP contribution < -0.4 is 0 Å². The fraction of sp³-hybridized carbons (Fsp3) is 0.905. The van der Waals surface area contributed by atoms with Crippen LogP contribution in [0.2, 0.25) is 0 Å². The summed E-state index contributed by atoms with van der Waals surface area (Å²) in [6.45, 7) is 65.6. The Hall–Kier alpha value is -1.04. The van der Waals surface area contributed by atoms with Crippen molar-refractivity contribution in [2.75, 3.05) is 0 Å². The van der Waals surface area contributed by atoms with Gasteiger partial charge in [0.15, 0.2) is 0 Å². The molecule has 6 atom stereocenters. The molecule has 0 saturated heterocycles. The monoisotopic (exact) mass is 1170 g/mol. The van der Waals surface area contributed by atoms with Gasteiger partial charge in [0.1, 0.15) is 0 Å². The second-order valence-electron chi connectivity index (χ2n) is 34.9. The van der Waals surface area contributed by atoms with Crippen LogP contribution in [0.1, 0.15) is 322 Å². The zero-order valence-electron chi connectivity index (χ0n) is 62.9. The standard InChI is InChI=1S/2C13H26.C12H24.C12H22.C12H20.C11H22.C11H20/c2*1-10(2)9-12-5-7-13(8-6-12)11(3)4;3*1-9(2)11-5-7-12(8-6-11)10(3)4;2*1-8(2)10-5-6-11(7-10)9(3)4/h2*10-13H,5-9H2,1-4H3;9-12H,5-8H2,1-4H3;5,7,9-12H,6,8H2,1-4H3;5-12H,1-4H3;8-11H,5-7H2,1-4H3;5-6,8-11H,7H2,1-4H3. The quantitative estimate of drug-likeness (QED) is 0.135. The van der Waals surface area contributed by atoms with Crippen LogP contribution in [0.4, 0.5) is 0 Å². The second kappa shape index (κ2) is 43.6. The maximum atomic E-state index is 2.44. The van der Waals surface area contributed by atoms with Gasteiger partial charge >= 0.3 is 0 Å². The molecule has 0 aromatic rings. The lowest BCUT2D eigenvalue weighted by Gasteiger charge is -2.32. The summed E-state index contributed by atoms with van der Waals surface area (Å²) in [6, 6.07) is 0. The minimum Gasteiger partial charge on any atom is -0.0849 e. The molecule has 7 aliphatic carbocycles. The first-order chi connectivity index (χ1) is 39.2. The Bertz CT molecular complexity index is 1520. The lowest BCUT2D eigenvalue weighted by atomic mass is 9.73. The summed E-state index contributed by atoms with van der Waals surface area (Å²) in [5, 5.41) is 0. The van der Waals surface area contributed by atoms with E-state index in [1.54, 1.807) is 0 Å². The molecule has 0 aromatic heterocycles. The van der Waals surface area contributed by atoms with Crippen LogP contribution in [-0.2, 0) is 0 Å². The molecule has 0 radical (unpaired) electrons. The SMILES string of the molecule is CC(C)C1C=CC(C(C)C)C1.CC(C)C1C=CC(C(C)C)C=C1.CC(C)C1C=CC(C(C)C)CC1.CC(C)C1CCC(C(C)C)C1.CC(C)C1CCC(C(C)C)CC1.CC(C)CC1CCC(C(C)C)CC1.CC(C)CC1CCC(C(C)C)CC1. The number of rotatable bonds is 16. The maximum absolute atomic E-state index is 2.44. The highest BCUT2D eigenvalue weighted by Crippen LogP contribution is 2.41. The maximum Gasteiger partial charge on any atom is -0.00300 e. The Labute approximate surface area is 533 Å². The molecule has 0 amide bonds. The largest absolute Gasteiger partial charge is 0.0849 e. The zero-order valence-corrected chi connectivity index (χ0v) is 62.9. The van der Waals surface area contributed by atoms with Crippen molar-refractivity contribution >= 4 is 0 Å². The Balaban J connectivity index is 0.000000490. The van der Waals surface area contributed by atoms with Gasteiger partial charge in [-0.05, 0) is 268 Å². The van der Waals surface area contributed by atoms with E-state index < -0.39 is 0 Å². The molecule has 4 fully saturated rings. The molecule has 0 nitrogen and oxygen atoms in total. The molecule has 0 N–H and O–H groups in total. The average Bonchev–Trinajstić information content (AvgIpc) is 4.17. The minimum atomic E-state index is 0.667. The summed E-state index contributed by atoms with van der Waals surface area (Å²) in [7, 11) is 0. The molecular formula is C84H160. The van der Waals surface area contributed by atoms with Crippen molar-refractivity contribution in [3.05, 3.63) is 48.6 Å². The van der Waals surface area contributed by atoms with Gasteiger partial charge in [0, 0.05) is 0 Å². The summed E-state index contributed by atoms with van der Waals surface area (Å²) in [4.78, 5) is 0. The molecule has 4 saturated carbocycles. The van der Waals surface area contributed by atoms with Crippen LogP contribution in [0.25, 0.3) is 0 Å². The number of allylic oxidation sites excluding steroid dienone is 8. The van der Waals surface area contributed by atoms with E-state index in [1.165, 1.54) is 128 Å². The van der Waals surface area contributed by atoms with Crippen molar-refractivity contribution in [2.45, 2.75) is 322 Å². The molecule has 7 aliphatic rings. The smallest absolute Gasteiger partial charge is 0.00300 e. The fourth-order valence-corrected chi connectivity index (χ4v) is 15.5. The lowest BCUT2D eigenvalue weighted by Crippen LogP contribution is -2.21. The van der Waals surface area contributed by atoms with Crippen molar-refractivity contribution in [2.24, 2.45) is 166 Å². The van der Waals surface area contributed by atoms with Gasteiger partial charge in [-0.15, -0.1) is 0 Å². The molecule has 496 valence electrons. The molecule has 0 aliphatic heterocycles. The topological polar surface area (TPSA) is 0 Å². The summed E-state index contributed by atoms with van der Waals surface area (Å²) >= 11 is 0. The van der Waals surface area contributed by atoms with Crippen molar-refractivity contribution < 1.29 is 0 Å². The van der Waals surface area contributed by atoms with E-state index in [1.807, 2.05) is 0 Å². The molecule has 0 heterocycles. The van der Waals surface area contributed by atoms with E-state index in [4.69, 9.17) is 0 Å². The first kappa shape index (κ1) is 81.0. The molecule has 0 aromatic carbocycles.